The molecule has 0 aliphatic heterocycles. The SMILES string of the molecule is CC12CC(O)C3(C)C(CCC4=CC(=O)C=CC43C)C1CCC2C(=O)CO. The van der Waals surface area contributed by atoms with Crippen LogP contribution in [0.4, 0.5) is 0 Å². The van der Waals surface area contributed by atoms with E-state index < -0.39 is 12.7 Å². The molecule has 0 radical (unpaired) electrons. The third kappa shape index (κ3) is 2.03. The maximum absolute atomic E-state index is 12.4. The Labute approximate surface area is 155 Å². The number of aliphatic hydroxyl groups excluding tert-OH is 2. The number of carbonyl (C=O) groups excluding carboxylic acids is 2. The molecule has 0 aromatic carbocycles. The van der Waals surface area contributed by atoms with Gasteiger partial charge in [0.1, 0.15) is 6.61 Å². The highest BCUT2D eigenvalue weighted by atomic mass is 16.3. The molecule has 0 amide bonds. The smallest absolute Gasteiger partial charge is 0.178 e. The lowest BCUT2D eigenvalue weighted by Crippen LogP contribution is -2.63. The minimum Gasteiger partial charge on any atom is -0.392 e. The fourth-order valence-corrected chi connectivity index (χ4v) is 7.28. The molecular formula is C22H30O4. The summed E-state index contributed by atoms with van der Waals surface area (Å²) >= 11 is 0. The van der Waals surface area contributed by atoms with Gasteiger partial charge in [-0.2, -0.15) is 0 Å². The van der Waals surface area contributed by atoms with Crippen LogP contribution >= 0.6 is 0 Å². The Balaban J connectivity index is 1.78. The van der Waals surface area contributed by atoms with E-state index in [2.05, 4.69) is 20.8 Å². The van der Waals surface area contributed by atoms with Crippen molar-refractivity contribution in [1.82, 2.24) is 0 Å². The van der Waals surface area contributed by atoms with E-state index in [1.54, 1.807) is 12.2 Å². The highest BCUT2D eigenvalue weighted by molar-refractivity contribution is 6.01. The zero-order valence-corrected chi connectivity index (χ0v) is 16.0. The van der Waals surface area contributed by atoms with Crippen molar-refractivity contribution in [2.45, 2.75) is 59.0 Å². The fraction of sp³-hybridized carbons (Fsp3) is 0.727. The zero-order chi connectivity index (χ0) is 18.9. The average Bonchev–Trinajstić information content (AvgIpc) is 2.93. The van der Waals surface area contributed by atoms with Gasteiger partial charge >= 0.3 is 0 Å². The third-order valence-corrected chi connectivity index (χ3v) is 8.94. The van der Waals surface area contributed by atoms with Gasteiger partial charge in [-0.05, 0) is 61.5 Å². The van der Waals surface area contributed by atoms with Crippen LogP contribution in [0, 0.1) is 34.0 Å². The highest BCUT2D eigenvalue weighted by Crippen LogP contribution is 2.71. The van der Waals surface area contributed by atoms with Crippen molar-refractivity contribution in [3.63, 3.8) is 0 Å². The summed E-state index contributed by atoms with van der Waals surface area (Å²) in [7, 11) is 0. The molecule has 7 atom stereocenters. The maximum atomic E-state index is 12.4. The Hall–Kier alpha value is -1.26. The molecule has 3 fully saturated rings. The van der Waals surface area contributed by atoms with Crippen molar-refractivity contribution in [2.75, 3.05) is 6.61 Å². The molecule has 4 aliphatic carbocycles. The summed E-state index contributed by atoms with van der Waals surface area (Å²) in [5.41, 5.74) is 0.251. The molecular weight excluding hydrogens is 328 g/mol. The molecule has 0 heterocycles. The van der Waals surface area contributed by atoms with E-state index in [1.165, 1.54) is 0 Å². The number of hydrogen-bond donors (Lipinski definition) is 2. The van der Waals surface area contributed by atoms with Gasteiger partial charge in [-0.3, -0.25) is 9.59 Å². The van der Waals surface area contributed by atoms with Crippen LogP contribution in [-0.2, 0) is 9.59 Å². The topological polar surface area (TPSA) is 74.6 Å². The van der Waals surface area contributed by atoms with Crippen LogP contribution in [0.1, 0.15) is 52.9 Å². The third-order valence-electron chi connectivity index (χ3n) is 8.94. The summed E-state index contributed by atoms with van der Waals surface area (Å²) in [6, 6.07) is 0. The lowest BCUT2D eigenvalue weighted by Gasteiger charge is -2.65. The van der Waals surface area contributed by atoms with E-state index in [0.29, 0.717) is 18.3 Å². The second-order valence-corrected chi connectivity index (χ2v) is 9.62. The summed E-state index contributed by atoms with van der Waals surface area (Å²) in [6.45, 7) is 6.11. The maximum Gasteiger partial charge on any atom is 0.178 e. The molecule has 0 saturated heterocycles. The number of carbonyl (C=O) groups is 2. The number of hydrogen-bond acceptors (Lipinski definition) is 4. The largest absolute Gasteiger partial charge is 0.392 e. The van der Waals surface area contributed by atoms with Crippen molar-refractivity contribution < 1.29 is 19.8 Å². The highest BCUT2D eigenvalue weighted by Gasteiger charge is 2.67. The molecule has 4 rings (SSSR count). The van der Waals surface area contributed by atoms with Gasteiger partial charge in [-0.1, -0.05) is 32.4 Å². The monoisotopic (exact) mass is 358 g/mol. The van der Waals surface area contributed by atoms with Crippen molar-refractivity contribution in [2.24, 2.45) is 34.0 Å². The molecule has 4 aliphatic rings. The molecule has 3 saturated carbocycles. The Morgan fingerprint density at radius 2 is 1.92 bits per heavy atom. The molecule has 2 N–H and O–H groups in total. The molecule has 7 unspecified atom stereocenters. The van der Waals surface area contributed by atoms with Gasteiger partial charge in [0.15, 0.2) is 11.6 Å². The first-order valence-corrected chi connectivity index (χ1v) is 9.94. The van der Waals surface area contributed by atoms with Gasteiger partial charge in [-0.15, -0.1) is 0 Å². The molecule has 0 bridgehead atoms. The first-order valence-electron chi connectivity index (χ1n) is 9.94. The number of ketones is 2. The van der Waals surface area contributed by atoms with Crippen LogP contribution in [0.2, 0.25) is 0 Å². The predicted octanol–water partition coefficient (Wildman–Crippen LogP) is 2.83. The lowest BCUT2D eigenvalue weighted by molar-refractivity contribution is -0.178. The second kappa shape index (κ2) is 5.62. The molecule has 0 spiro atoms. The van der Waals surface area contributed by atoms with Gasteiger partial charge in [0.25, 0.3) is 0 Å². The first-order chi connectivity index (χ1) is 12.2. The lowest BCUT2D eigenvalue weighted by atomic mass is 9.40. The summed E-state index contributed by atoms with van der Waals surface area (Å²) in [5.74, 6) is 0.513. The van der Waals surface area contributed by atoms with Crippen LogP contribution < -0.4 is 0 Å². The van der Waals surface area contributed by atoms with E-state index in [0.717, 1.165) is 31.3 Å². The first kappa shape index (κ1) is 18.1. The van der Waals surface area contributed by atoms with Gasteiger partial charge in [0.05, 0.1) is 6.10 Å². The number of allylic oxidation sites excluding steroid dienone is 4. The number of rotatable bonds is 2. The van der Waals surface area contributed by atoms with Crippen LogP contribution in [0.3, 0.4) is 0 Å². The quantitative estimate of drug-likeness (QED) is 0.796. The second-order valence-electron chi connectivity index (χ2n) is 9.62. The van der Waals surface area contributed by atoms with Crippen molar-refractivity contribution in [3.05, 3.63) is 23.8 Å². The van der Waals surface area contributed by atoms with Crippen LogP contribution in [-0.4, -0.2) is 34.5 Å². The van der Waals surface area contributed by atoms with E-state index in [4.69, 9.17) is 0 Å². The molecule has 0 aromatic heterocycles. The minimum atomic E-state index is -0.535. The van der Waals surface area contributed by atoms with E-state index in [1.807, 2.05) is 6.08 Å². The van der Waals surface area contributed by atoms with E-state index in [-0.39, 0.29) is 33.7 Å². The minimum absolute atomic E-state index is 0.0455. The van der Waals surface area contributed by atoms with Crippen molar-refractivity contribution in [1.29, 1.82) is 0 Å². The molecule has 4 nitrogen and oxygen atoms in total. The number of fused-ring (bicyclic) bond motifs is 5. The summed E-state index contributed by atoms with van der Waals surface area (Å²) in [6.07, 6.45) is 9.14. The van der Waals surface area contributed by atoms with Gasteiger partial charge in [-0.25, -0.2) is 0 Å². The predicted molar refractivity (Wildman–Crippen MR) is 98.2 cm³/mol. The van der Waals surface area contributed by atoms with Crippen molar-refractivity contribution in [3.8, 4) is 0 Å². The van der Waals surface area contributed by atoms with Crippen LogP contribution in [0.15, 0.2) is 23.8 Å². The normalized spacial score (nSPS) is 49.9. The van der Waals surface area contributed by atoms with E-state index >= 15 is 0 Å². The Bertz CT molecular complexity index is 722. The van der Waals surface area contributed by atoms with E-state index in [9.17, 15) is 19.8 Å². The number of aliphatic hydroxyl groups is 2. The van der Waals surface area contributed by atoms with Crippen LogP contribution in [0.25, 0.3) is 0 Å². The number of Topliss-reactive ketones (excluding diaryl/α,β-unsaturated/α-hetero) is 1. The summed E-state index contributed by atoms with van der Waals surface area (Å²) < 4.78 is 0. The van der Waals surface area contributed by atoms with Gasteiger partial charge < -0.3 is 10.2 Å². The average molecular weight is 358 g/mol. The fourth-order valence-electron chi connectivity index (χ4n) is 7.28. The Kier molecular flexibility index (Phi) is 3.92. The van der Waals surface area contributed by atoms with Crippen molar-refractivity contribution >= 4 is 11.6 Å². The summed E-state index contributed by atoms with van der Waals surface area (Å²) in [4.78, 5) is 24.3. The van der Waals surface area contributed by atoms with Gasteiger partial charge in [0, 0.05) is 16.7 Å². The Morgan fingerprint density at radius 1 is 1.19 bits per heavy atom. The summed E-state index contributed by atoms with van der Waals surface area (Å²) in [5, 5.41) is 20.8. The van der Waals surface area contributed by atoms with Gasteiger partial charge in [0.2, 0.25) is 0 Å². The van der Waals surface area contributed by atoms with Crippen LogP contribution in [0.5, 0.6) is 0 Å². The molecule has 0 aromatic rings. The standard InChI is InChI=1S/C22H30O4/c1-20-11-19(26)22(3)16(15(20)6-7-17(20)18(25)12-23)5-4-13-10-14(24)8-9-21(13,22)2/h8-10,15-17,19,23,26H,4-7,11-12H2,1-3H3. The molecule has 4 heteroatoms. The zero-order valence-electron chi connectivity index (χ0n) is 16.0. The molecule has 142 valence electrons. The molecule has 26 heavy (non-hydrogen) atoms. The Morgan fingerprint density at radius 3 is 2.62 bits per heavy atom.